The molecule has 2 rings (SSSR count). The molecule has 1 aromatic rings. The molecule has 1 aliphatic rings. The summed E-state index contributed by atoms with van der Waals surface area (Å²) < 4.78 is 5.85. The van der Waals surface area contributed by atoms with Crippen LogP contribution in [0.3, 0.4) is 0 Å². The fraction of sp³-hybridized carbons (Fsp3) is 0.619. The summed E-state index contributed by atoms with van der Waals surface area (Å²) in [5.41, 5.74) is 4.64. The molecule has 0 aliphatic carbocycles. The molecule has 0 saturated heterocycles. The van der Waals surface area contributed by atoms with E-state index in [4.69, 9.17) is 14.7 Å². The van der Waals surface area contributed by atoms with E-state index in [1.165, 1.54) is 22.0 Å². The second kappa shape index (κ2) is 11.1. The zero-order valence-electron chi connectivity index (χ0n) is 17.5. The zero-order valence-corrected chi connectivity index (χ0v) is 21.7. The van der Waals surface area contributed by atoms with Gasteiger partial charge in [-0.2, -0.15) is 0 Å². The number of benzene rings is 1. The van der Waals surface area contributed by atoms with Gasteiger partial charge in [0.2, 0.25) is 5.90 Å². The van der Waals surface area contributed by atoms with Crippen molar-refractivity contribution in [2.45, 2.75) is 73.3 Å². The van der Waals surface area contributed by atoms with Crippen LogP contribution in [0.15, 0.2) is 28.2 Å². The molecule has 0 saturated carbocycles. The van der Waals surface area contributed by atoms with Gasteiger partial charge in [-0.15, -0.1) is 0 Å². The third-order valence-corrected chi connectivity index (χ3v) is 4.58. The van der Waals surface area contributed by atoms with E-state index in [0.717, 1.165) is 11.4 Å². The molecule has 0 bridgehead atoms. The maximum absolute atomic E-state index is 5.85. The van der Waals surface area contributed by atoms with E-state index in [9.17, 15) is 0 Å². The molecule has 0 aromatic heterocycles. The van der Waals surface area contributed by atoms with Gasteiger partial charge in [0, 0.05) is 0 Å². The molecule has 27 heavy (non-hydrogen) atoms. The van der Waals surface area contributed by atoms with Crippen molar-refractivity contribution in [3.8, 4) is 0 Å². The van der Waals surface area contributed by atoms with Crippen molar-refractivity contribution in [2.24, 2.45) is 15.4 Å². The molecule has 0 spiro atoms. The molecular formula is C21H32Br2N2NiO. The van der Waals surface area contributed by atoms with Crippen LogP contribution in [-0.2, 0) is 15.6 Å². The van der Waals surface area contributed by atoms with Gasteiger partial charge in [0.25, 0.3) is 0 Å². The van der Waals surface area contributed by atoms with Crippen molar-refractivity contribution < 1.29 is 15.6 Å². The van der Waals surface area contributed by atoms with E-state index in [1.807, 2.05) is 6.92 Å². The van der Waals surface area contributed by atoms with E-state index >= 15 is 0 Å². The van der Waals surface area contributed by atoms with Gasteiger partial charge in [0.15, 0.2) is 0 Å². The molecule has 0 unspecified atom stereocenters. The van der Waals surface area contributed by atoms with Crippen LogP contribution in [0.5, 0.6) is 0 Å². The molecule has 0 radical (unpaired) electrons. The summed E-state index contributed by atoms with van der Waals surface area (Å²) in [4.78, 5) is 9.73. The Bertz CT molecular complexity index is 653. The van der Waals surface area contributed by atoms with Crippen LogP contribution in [0.25, 0.3) is 0 Å². The third-order valence-electron chi connectivity index (χ3n) is 4.58. The predicted molar refractivity (Wildman–Crippen MR) is 122 cm³/mol. The van der Waals surface area contributed by atoms with Crippen LogP contribution in [0.1, 0.15) is 78.4 Å². The van der Waals surface area contributed by atoms with Gasteiger partial charge in [0.1, 0.15) is 6.61 Å². The monoisotopic (exact) mass is 544 g/mol. The quantitative estimate of drug-likeness (QED) is 0.283. The Kier molecular flexibility index (Phi) is 10.2. The molecule has 1 atom stereocenters. The van der Waals surface area contributed by atoms with Crippen molar-refractivity contribution in [1.82, 2.24) is 0 Å². The average molecular weight is 547 g/mol. The van der Waals surface area contributed by atoms with Crippen molar-refractivity contribution in [1.29, 1.82) is 0 Å². The molecule has 0 amide bonds. The van der Waals surface area contributed by atoms with Crippen molar-refractivity contribution in [3.63, 3.8) is 0 Å². The first-order valence-corrected chi connectivity index (χ1v) is 14.1. The summed E-state index contributed by atoms with van der Waals surface area (Å²) in [5, 5.41) is 0. The Morgan fingerprint density at radius 1 is 1.15 bits per heavy atom. The van der Waals surface area contributed by atoms with Gasteiger partial charge in [0.05, 0.1) is 17.4 Å². The topological polar surface area (TPSA) is 34.0 Å². The zero-order chi connectivity index (χ0) is 20.8. The normalized spacial score (nSPS) is 17.7. The number of aliphatic imine (C=N–C) groups is 2. The van der Waals surface area contributed by atoms with Crippen molar-refractivity contribution in [3.05, 3.63) is 29.3 Å². The first-order valence-electron chi connectivity index (χ1n) is 9.24. The molecule has 156 valence electrons. The van der Waals surface area contributed by atoms with Gasteiger partial charge >= 0.3 is 39.3 Å². The Hall–Kier alpha value is -0.186. The standard InChI is InChI=1S/C21H32N2O.2BrH.Ni/c1-13(2)16-10-9-11-17(14(3)4)19(16)22-15(5)20-23-18(12-24-20)21(6,7)8;;;/h9-11,13-14,18H,12H2,1-8H3;2*1H;/q;;;+2/p-2/t18-;;;/m1.../s1. The first kappa shape index (κ1) is 24.9. The van der Waals surface area contributed by atoms with Crippen molar-refractivity contribution >= 4 is 45.7 Å². The minimum atomic E-state index is 0.112. The van der Waals surface area contributed by atoms with Gasteiger partial charge in [-0.25, -0.2) is 9.98 Å². The van der Waals surface area contributed by atoms with E-state index in [2.05, 4.69) is 95.1 Å². The number of nitrogens with zero attached hydrogens (tertiary/aromatic N) is 2. The molecule has 6 heteroatoms. The van der Waals surface area contributed by atoms with E-state index in [-0.39, 0.29) is 11.5 Å². The second-order valence-electron chi connectivity index (χ2n) is 8.46. The molecule has 0 fully saturated rings. The summed E-state index contributed by atoms with van der Waals surface area (Å²) in [6.07, 6.45) is 0. The minimum absolute atomic E-state index is 0.112. The third kappa shape index (κ3) is 7.29. The Morgan fingerprint density at radius 3 is 2.00 bits per heavy atom. The number of halogens is 2. The van der Waals surface area contributed by atoms with Gasteiger partial charge < -0.3 is 4.74 Å². The van der Waals surface area contributed by atoms with Crippen LogP contribution in [0, 0.1) is 5.41 Å². The van der Waals surface area contributed by atoms with Crippen LogP contribution in [0.2, 0.25) is 0 Å². The summed E-state index contributed by atoms with van der Waals surface area (Å²) >= 11 is 6.00. The van der Waals surface area contributed by atoms with Crippen LogP contribution in [-0.4, -0.2) is 24.3 Å². The predicted octanol–water partition coefficient (Wildman–Crippen LogP) is 7.56. The van der Waals surface area contributed by atoms with E-state index in [1.54, 1.807) is 0 Å². The summed E-state index contributed by atoms with van der Waals surface area (Å²) in [6, 6.07) is 6.69. The summed E-state index contributed by atoms with van der Waals surface area (Å²) in [7, 11) is 1.25. The fourth-order valence-corrected chi connectivity index (χ4v) is 2.87. The summed E-state index contributed by atoms with van der Waals surface area (Å²) in [6.45, 7) is 18.1. The van der Waals surface area contributed by atoms with Gasteiger partial charge in [-0.3, -0.25) is 0 Å². The van der Waals surface area contributed by atoms with Crippen LogP contribution < -0.4 is 0 Å². The molecule has 0 N–H and O–H groups in total. The first-order chi connectivity index (χ1) is 12.5. The van der Waals surface area contributed by atoms with Gasteiger partial charge in [-0.05, 0) is 35.3 Å². The maximum atomic E-state index is 5.85. The average Bonchev–Trinajstić information content (AvgIpc) is 3.05. The number of hydrogen-bond donors (Lipinski definition) is 0. The van der Waals surface area contributed by atoms with Crippen molar-refractivity contribution in [2.75, 3.05) is 6.61 Å². The molecular weight excluding hydrogens is 515 g/mol. The Morgan fingerprint density at radius 2 is 1.63 bits per heavy atom. The molecule has 1 heterocycles. The SMILES string of the molecule is CC(=Nc1c(C(C)C)cccc1C(C)C)C1=N[C@@H](C(C)(C)C)CO1.[Br][Ni][Br]. The van der Waals surface area contributed by atoms with Gasteiger partial charge in [-0.1, -0.05) is 66.7 Å². The van der Waals surface area contributed by atoms with Crippen LogP contribution in [0.4, 0.5) is 5.69 Å². The Balaban J connectivity index is 0.00000114. The Labute approximate surface area is 185 Å². The fourth-order valence-electron chi connectivity index (χ4n) is 2.87. The second-order valence-corrected chi connectivity index (χ2v) is 13.4. The number of rotatable bonds is 4. The summed E-state index contributed by atoms with van der Waals surface area (Å²) in [5.74, 6) is 1.57. The number of para-hydroxylation sites is 1. The van der Waals surface area contributed by atoms with Crippen LogP contribution >= 0.6 is 28.5 Å². The van der Waals surface area contributed by atoms with E-state index < -0.39 is 0 Å². The molecule has 1 aromatic carbocycles. The number of ether oxygens (including phenoxy) is 1. The molecule has 1 aliphatic heterocycles. The molecule has 3 nitrogen and oxygen atoms in total. The number of hydrogen-bond acceptors (Lipinski definition) is 3. The van der Waals surface area contributed by atoms with E-state index in [0.29, 0.717) is 24.3 Å².